The standard InChI is InChI=1S/C16H26Cl2N2/c1-5-12(6-2)15(20(3)4)11-19-10-13-8-7-9-14(17)16(13)18/h7-9,12,15,19H,5-6,10-11H2,1-4H3. The molecule has 0 aliphatic heterocycles. The van der Waals surface area contributed by atoms with E-state index in [1.807, 2.05) is 18.2 Å². The summed E-state index contributed by atoms with van der Waals surface area (Å²) in [4.78, 5) is 2.31. The smallest absolute Gasteiger partial charge is 0.0637 e. The molecule has 1 aromatic rings. The van der Waals surface area contributed by atoms with Gasteiger partial charge in [-0.05, 0) is 31.6 Å². The van der Waals surface area contributed by atoms with Crippen molar-refractivity contribution in [2.24, 2.45) is 5.92 Å². The van der Waals surface area contributed by atoms with Crippen LogP contribution < -0.4 is 5.32 Å². The van der Waals surface area contributed by atoms with Crippen LogP contribution in [0.2, 0.25) is 10.0 Å². The average molecular weight is 317 g/mol. The lowest BCUT2D eigenvalue weighted by Crippen LogP contribution is -2.42. The molecule has 0 heterocycles. The van der Waals surface area contributed by atoms with E-state index in [0.29, 0.717) is 22.0 Å². The summed E-state index contributed by atoms with van der Waals surface area (Å²) in [5, 5.41) is 4.79. The molecule has 0 aromatic heterocycles. The van der Waals surface area contributed by atoms with Gasteiger partial charge in [-0.2, -0.15) is 0 Å². The van der Waals surface area contributed by atoms with E-state index >= 15 is 0 Å². The molecule has 0 radical (unpaired) electrons. The minimum atomic E-state index is 0.544. The zero-order chi connectivity index (χ0) is 15.1. The Kier molecular flexibility index (Phi) is 7.90. The Bertz CT molecular complexity index is 403. The van der Waals surface area contributed by atoms with E-state index < -0.39 is 0 Å². The summed E-state index contributed by atoms with van der Waals surface area (Å²) in [5.41, 5.74) is 1.06. The van der Waals surface area contributed by atoms with Gasteiger partial charge in [0, 0.05) is 19.1 Å². The largest absolute Gasteiger partial charge is 0.311 e. The minimum absolute atomic E-state index is 0.544. The van der Waals surface area contributed by atoms with Crippen LogP contribution in [0.25, 0.3) is 0 Å². The van der Waals surface area contributed by atoms with Gasteiger partial charge in [0.2, 0.25) is 0 Å². The molecular weight excluding hydrogens is 291 g/mol. The van der Waals surface area contributed by atoms with Crippen LogP contribution in [0.3, 0.4) is 0 Å². The summed E-state index contributed by atoms with van der Waals surface area (Å²) in [6.45, 7) is 6.24. The fraction of sp³-hybridized carbons (Fsp3) is 0.625. The van der Waals surface area contributed by atoms with Crippen LogP contribution in [-0.4, -0.2) is 31.6 Å². The highest BCUT2D eigenvalue weighted by Gasteiger charge is 2.20. The van der Waals surface area contributed by atoms with E-state index in [1.165, 1.54) is 12.8 Å². The molecule has 0 saturated heterocycles. The molecule has 1 N–H and O–H groups in total. The number of benzene rings is 1. The van der Waals surface area contributed by atoms with Crippen molar-refractivity contribution in [1.29, 1.82) is 0 Å². The van der Waals surface area contributed by atoms with Gasteiger partial charge in [-0.25, -0.2) is 0 Å². The molecular formula is C16H26Cl2N2. The molecule has 20 heavy (non-hydrogen) atoms. The van der Waals surface area contributed by atoms with Crippen LogP contribution in [0, 0.1) is 5.92 Å². The molecule has 1 atom stereocenters. The minimum Gasteiger partial charge on any atom is -0.311 e. The third-order valence-electron chi connectivity index (χ3n) is 3.96. The number of halogens is 2. The number of nitrogens with zero attached hydrogens (tertiary/aromatic N) is 1. The highest BCUT2D eigenvalue weighted by atomic mass is 35.5. The zero-order valence-corrected chi connectivity index (χ0v) is 14.4. The van der Waals surface area contributed by atoms with Crippen molar-refractivity contribution in [3.05, 3.63) is 33.8 Å². The molecule has 1 unspecified atom stereocenters. The lowest BCUT2D eigenvalue weighted by Gasteiger charge is -2.31. The third kappa shape index (κ3) is 4.92. The SMILES string of the molecule is CCC(CC)C(CNCc1cccc(Cl)c1Cl)N(C)C. The fourth-order valence-electron chi connectivity index (χ4n) is 2.64. The van der Waals surface area contributed by atoms with Gasteiger partial charge in [0.25, 0.3) is 0 Å². The van der Waals surface area contributed by atoms with Crippen LogP contribution >= 0.6 is 23.2 Å². The number of hydrogen-bond donors (Lipinski definition) is 1. The van der Waals surface area contributed by atoms with Gasteiger partial charge in [0.05, 0.1) is 10.0 Å². The second-order valence-electron chi connectivity index (χ2n) is 5.45. The Hall–Kier alpha value is -0.280. The Morgan fingerprint density at radius 2 is 1.80 bits per heavy atom. The van der Waals surface area contributed by atoms with Crippen LogP contribution in [0.15, 0.2) is 18.2 Å². The van der Waals surface area contributed by atoms with E-state index in [0.717, 1.165) is 18.7 Å². The van der Waals surface area contributed by atoms with E-state index in [1.54, 1.807) is 0 Å². The second-order valence-corrected chi connectivity index (χ2v) is 6.24. The summed E-state index contributed by atoms with van der Waals surface area (Å²) in [7, 11) is 4.30. The Labute approximate surface area is 133 Å². The molecule has 1 rings (SSSR count). The molecule has 2 nitrogen and oxygen atoms in total. The topological polar surface area (TPSA) is 15.3 Å². The second kappa shape index (κ2) is 8.89. The lowest BCUT2D eigenvalue weighted by molar-refractivity contribution is 0.194. The maximum atomic E-state index is 6.21. The van der Waals surface area contributed by atoms with Crippen molar-refractivity contribution in [1.82, 2.24) is 10.2 Å². The van der Waals surface area contributed by atoms with E-state index in [9.17, 15) is 0 Å². The molecule has 0 aliphatic rings. The summed E-state index contributed by atoms with van der Waals surface area (Å²) in [6.07, 6.45) is 2.41. The molecule has 0 saturated carbocycles. The Morgan fingerprint density at radius 1 is 1.15 bits per heavy atom. The third-order valence-corrected chi connectivity index (χ3v) is 4.81. The Morgan fingerprint density at radius 3 is 2.35 bits per heavy atom. The first kappa shape index (κ1) is 17.8. The van der Waals surface area contributed by atoms with Gasteiger partial charge in [0.15, 0.2) is 0 Å². The molecule has 4 heteroatoms. The molecule has 0 aliphatic carbocycles. The molecule has 0 spiro atoms. The van der Waals surface area contributed by atoms with Crippen LogP contribution in [0.1, 0.15) is 32.3 Å². The quantitative estimate of drug-likeness (QED) is 0.762. The predicted octanol–water partition coefficient (Wildman–Crippen LogP) is 4.45. The zero-order valence-electron chi connectivity index (χ0n) is 12.9. The summed E-state index contributed by atoms with van der Waals surface area (Å²) in [5.74, 6) is 0.715. The first-order valence-electron chi connectivity index (χ1n) is 7.31. The van der Waals surface area contributed by atoms with Gasteiger partial charge in [-0.1, -0.05) is 62.0 Å². The van der Waals surface area contributed by atoms with Crippen LogP contribution in [-0.2, 0) is 6.54 Å². The monoisotopic (exact) mass is 316 g/mol. The summed E-state index contributed by atoms with van der Waals surface area (Å²) >= 11 is 12.2. The highest BCUT2D eigenvalue weighted by Crippen LogP contribution is 2.25. The molecule has 0 amide bonds. The maximum absolute atomic E-state index is 6.21. The lowest BCUT2D eigenvalue weighted by atomic mass is 9.93. The summed E-state index contributed by atoms with van der Waals surface area (Å²) < 4.78 is 0. The molecule has 114 valence electrons. The average Bonchev–Trinajstić information content (AvgIpc) is 2.42. The molecule has 0 fully saturated rings. The van der Waals surface area contributed by atoms with Crippen molar-refractivity contribution in [3.63, 3.8) is 0 Å². The molecule has 1 aromatic carbocycles. The van der Waals surface area contributed by atoms with E-state index in [-0.39, 0.29) is 0 Å². The van der Waals surface area contributed by atoms with Crippen molar-refractivity contribution in [2.45, 2.75) is 39.3 Å². The number of likely N-dealkylation sites (N-methyl/N-ethyl adjacent to an activating group) is 1. The van der Waals surface area contributed by atoms with E-state index in [4.69, 9.17) is 23.2 Å². The fourth-order valence-corrected chi connectivity index (χ4v) is 3.03. The van der Waals surface area contributed by atoms with Crippen LogP contribution in [0.4, 0.5) is 0 Å². The molecule has 0 bridgehead atoms. The van der Waals surface area contributed by atoms with E-state index in [2.05, 4.69) is 38.2 Å². The highest BCUT2D eigenvalue weighted by molar-refractivity contribution is 6.42. The normalized spacial score (nSPS) is 13.2. The van der Waals surface area contributed by atoms with Gasteiger partial charge >= 0.3 is 0 Å². The number of nitrogens with one attached hydrogen (secondary N) is 1. The Balaban J connectivity index is 2.58. The van der Waals surface area contributed by atoms with Crippen molar-refractivity contribution in [3.8, 4) is 0 Å². The predicted molar refractivity (Wildman–Crippen MR) is 89.7 cm³/mol. The summed E-state index contributed by atoms with van der Waals surface area (Å²) in [6, 6.07) is 6.32. The first-order valence-corrected chi connectivity index (χ1v) is 8.06. The van der Waals surface area contributed by atoms with Gasteiger partial charge < -0.3 is 10.2 Å². The number of rotatable bonds is 8. The van der Waals surface area contributed by atoms with Crippen molar-refractivity contribution in [2.75, 3.05) is 20.6 Å². The van der Waals surface area contributed by atoms with Crippen molar-refractivity contribution < 1.29 is 0 Å². The van der Waals surface area contributed by atoms with Crippen LogP contribution in [0.5, 0.6) is 0 Å². The van der Waals surface area contributed by atoms with Gasteiger partial charge in [-0.3, -0.25) is 0 Å². The van der Waals surface area contributed by atoms with Gasteiger partial charge in [-0.15, -0.1) is 0 Å². The number of hydrogen-bond acceptors (Lipinski definition) is 2. The maximum Gasteiger partial charge on any atom is 0.0637 e. The first-order chi connectivity index (χ1) is 9.51. The van der Waals surface area contributed by atoms with Crippen molar-refractivity contribution >= 4 is 23.2 Å². The van der Waals surface area contributed by atoms with Gasteiger partial charge in [0.1, 0.15) is 0 Å².